The fourth-order valence-electron chi connectivity index (χ4n) is 1.53. The van der Waals surface area contributed by atoms with Crippen LogP contribution in [0.5, 0.6) is 0 Å². The van der Waals surface area contributed by atoms with Crippen LogP contribution in [-0.2, 0) is 9.59 Å². The average Bonchev–Trinajstić information content (AvgIpc) is 2.75. The second-order valence-corrected chi connectivity index (χ2v) is 4.64. The molecule has 0 saturated carbocycles. The first kappa shape index (κ1) is 13.0. The van der Waals surface area contributed by atoms with Crippen LogP contribution in [0.25, 0.3) is 0 Å². The van der Waals surface area contributed by atoms with Gasteiger partial charge in [0.05, 0.1) is 5.56 Å². The quantitative estimate of drug-likeness (QED) is 0.657. The van der Waals surface area contributed by atoms with Crippen LogP contribution in [0, 0.1) is 0 Å². The number of carbonyl (C=O) groups excluding carboxylic acids is 3. The molecule has 1 aliphatic heterocycles. The fraction of sp³-hybridized carbons (Fsp3) is 0.200. The van der Waals surface area contributed by atoms with Gasteiger partial charge in [0, 0.05) is 0 Å². The Morgan fingerprint density at radius 1 is 1.32 bits per heavy atom. The molecule has 0 radical (unpaired) electrons. The predicted octanol–water partition coefficient (Wildman–Crippen LogP) is -0.0634. The highest BCUT2D eigenvalue weighted by atomic mass is 32.1. The summed E-state index contributed by atoms with van der Waals surface area (Å²) in [7, 11) is 0. The molecule has 0 aliphatic carbocycles. The lowest BCUT2D eigenvalue weighted by Crippen LogP contribution is -2.54. The lowest BCUT2D eigenvalue weighted by Gasteiger charge is -2.25. The normalized spacial score (nSPS) is 15.1. The molecule has 4 amide bonds. The molecule has 1 aromatic rings. The Kier molecular flexibility index (Phi) is 3.47. The third-order valence-corrected chi connectivity index (χ3v) is 3.18. The first-order valence-corrected chi connectivity index (χ1v) is 6.04. The second kappa shape index (κ2) is 5.06. The molecule has 0 aromatic carbocycles. The van der Waals surface area contributed by atoms with Gasteiger partial charge in [-0.25, -0.2) is 9.59 Å². The highest BCUT2D eigenvalue weighted by Crippen LogP contribution is 2.23. The third-order valence-electron chi connectivity index (χ3n) is 2.35. The maximum absolute atomic E-state index is 11.8. The van der Waals surface area contributed by atoms with E-state index in [0.717, 1.165) is 16.2 Å². The Balaban J connectivity index is 2.08. The fourth-order valence-corrected chi connectivity index (χ4v) is 2.30. The van der Waals surface area contributed by atoms with Crippen LogP contribution in [0.4, 0.5) is 9.80 Å². The van der Waals surface area contributed by atoms with E-state index in [1.165, 1.54) is 11.4 Å². The zero-order valence-electron chi connectivity index (χ0n) is 9.50. The molecule has 100 valence electrons. The minimum absolute atomic E-state index is 0.0360. The van der Waals surface area contributed by atoms with Gasteiger partial charge in [0.2, 0.25) is 11.8 Å². The molecule has 9 heteroatoms. The number of amides is 4. The van der Waals surface area contributed by atoms with E-state index in [2.05, 4.69) is 10.6 Å². The van der Waals surface area contributed by atoms with Crippen molar-refractivity contribution in [2.24, 2.45) is 0 Å². The van der Waals surface area contributed by atoms with Crippen molar-refractivity contribution in [2.75, 3.05) is 18.4 Å². The predicted molar refractivity (Wildman–Crippen MR) is 65.0 cm³/mol. The maximum atomic E-state index is 11.8. The lowest BCUT2D eigenvalue weighted by atomic mass is 10.3. The summed E-state index contributed by atoms with van der Waals surface area (Å²) >= 11 is 1.05. The summed E-state index contributed by atoms with van der Waals surface area (Å²) in [6, 6.07) is 0.671. The molecular weight excluding hydrogens is 274 g/mol. The Bertz CT molecular complexity index is 551. The number of imide groups is 1. The molecule has 19 heavy (non-hydrogen) atoms. The summed E-state index contributed by atoms with van der Waals surface area (Å²) in [6.45, 7) is -0.489. The number of thiophene rings is 1. The summed E-state index contributed by atoms with van der Waals surface area (Å²) in [5.74, 6) is -2.31. The molecule has 2 heterocycles. The second-order valence-electron chi connectivity index (χ2n) is 3.73. The first-order valence-electron chi connectivity index (χ1n) is 5.17. The molecule has 8 nitrogen and oxygen atoms in total. The van der Waals surface area contributed by atoms with E-state index in [9.17, 15) is 19.2 Å². The van der Waals surface area contributed by atoms with E-state index in [-0.39, 0.29) is 23.7 Å². The summed E-state index contributed by atoms with van der Waals surface area (Å²) in [5, 5.41) is 15.0. The highest BCUT2D eigenvalue weighted by molar-refractivity contribution is 7.14. The molecule has 3 N–H and O–H groups in total. The van der Waals surface area contributed by atoms with Crippen molar-refractivity contribution in [3.8, 4) is 0 Å². The largest absolute Gasteiger partial charge is 0.478 e. The van der Waals surface area contributed by atoms with Crippen molar-refractivity contribution < 1.29 is 24.3 Å². The van der Waals surface area contributed by atoms with E-state index in [1.54, 1.807) is 0 Å². The molecule has 2 rings (SSSR count). The molecule has 1 aromatic heterocycles. The molecule has 0 spiro atoms. The Hall–Kier alpha value is -2.42. The molecular formula is C10H9N3O5S. The average molecular weight is 283 g/mol. The van der Waals surface area contributed by atoms with E-state index in [4.69, 9.17) is 5.11 Å². The number of anilines is 1. The van der Waals surface area contributed by atoms with Gasteiger partial charge >= 0.3 is 12.0 Å². The monoisotopic (exact) mass is 283 g/mol. The van der Waals surface area contributed by atoms with Gasteiger partial charge in [-0.2, -0.15) is 0 Å². The van der Waals surface area contributed by atoms with Crippen LogP contribution in [-0.4, -0.2) is 46.9 Å². The Morgan fingerprint density at radius 3 is 2.53 bits per heavy atom. The van der Waals surface area contributed by atoms with Crippen LogP contribution >= 0.6 is 11.3 Å². The summed E-state index contributed by atoms with van der Waals surface area (Å²) < 4.78 is 0. The molecule has 1 aliphatic rings. The topological polar surface area (TPSA) is 116 Å². The van der Waals surface area contributed by atoms with E-state index < -0.39 is 23.8 Å². The van der Waals surface area contributed by atoms with Gasteiger partial charge in [0.25, 0.3) is 0 Å². The third kappa shape index (κ3) is 2.88. The van der Waals surface area contributed by atoms with Crippen molar-refractivity contribution in [1.82, 2.24) is 10.2 Å². The molecule has 1 saturated heterocycles. The van der Waals surface area contributed by atoms with E-state index in [1.807, 2.05) is 0 Å². The zero-order chi connectivity index (χ0) is 14.0. The number of aromatic carboxylic acids is 1. The first-order chi connectivity index (χ1) is 8.97. The number of carboxylic acids is 1. The van der Waals surface area contributed by atoms with Crippen LogP contribution in [0.1, 0.15) is 10.4 Å². The van der Waals surface area contributed by atoms with Crippen LogP contribution < -0.4 is 10.6 Å². The van der Waals surface area contributed by atoms with Crippen molar-refractivity contribution in [3.63, 3.8) is 0 Å². The number of hydrogen-bond donors (Lipinski definition) is 3. The number of nitrogens with one attached hydrogen (secondary N) is 2. The lowest BCUT2D eigenvalue weighted by molar-refractivity contribution is -0.134. The van der Waals surface area contributed by atoms with Crippen molar-refractivity contribution >= 4 is 40.2 Å². The Morgan fingerprint density at radius 2 is 1.95 bits per heavy atom. The van der Waals surface area contributed by atoms with Gasteiger partial charge < -0.3 is 10.0 Å². The van der Waals surface area contributed by atoms with E-state index >= 15 is 0 Å². The number of carbonyl (C=O) groups is 4. The molecule has 0 bridgehead atoms. The van der Waals surface area contributed by atoms with Gasteiger partial charge in [-0.3, -0.25) is 20.2 Å². The minimum atomic E-state index is -1.16. The standard InChI is InChI=1S/C10H9N3O5S/c14-6-3-13(4-7(15)11-6)10(18)12-8-5(9(16)17)1-2-19-8/h1-2H,3-4H2,(H,12,18)(H,16,17)(H,11,14,15). The van der Waals surface area contributed by atoms with Gasteiger partial charge in [-0.05, 0) is 11.4 Å². The smallest absolute Gasteiger partial charge is 0.338 e. The Labute approximate surface area is 111 Å². The number of rotatable bonds is 2. The zero-order valence-corrected chi connectivity index (χ0v) is 10.3. The minimum Gasteiger partial charge on any atom is -0.478 e. The number of hydrogen-bond acceptors (Lipinski definition) is 5. The van der Waals surface area contributed by atoms with Crippen LogP contribution in [0.15, 0.2) is 11.4 Å². The number of nitrogens with zero attached hydrogens (tertiary/aromatic N) is 1. The number of piperazine rings is 1. The van der Waals surface area contributed by atoms with Crippen molar-refractivity contribution in [2.45, 2.75) is 0 Å². The van der Waals surface area contributed by atoms with Crippen molar-refractivity contribution in [1.29, 1.82) is 0 Å². The van der Waals surface area contributed by atoms with Gasteiger partial charge in [-0.15, -0.1) is 11.3 Å². The number of urea groups is 1. The SMILES string of the molecule is O=C1CN(C(=O)Nc2sccc2C(=O)O)CC(=O)N1. The number of carboxylic acid groups (broad SMARTS) is 1. The molecule has 0 unspecified atom stereocenters. The van der Waals surface area contributed by atoms with Crippen molar-refractivity contribution in [3.05, 3.63) is 17.0 Å². The van der Waals surface area contributed by atoms with E-state index in [0.29, 0.717) is 0 Å². The van der Waals surface area contributed by atoms with Crippen LogP contribution in [0.2, 0.25) is 0 Å². The van der Waals surface area contributed by atoms with Gasteiger partial charge in [0.15, 0.2) is 0 Å². The van der Waals surface area contributed by atoms with Crippen LogP contribution in [0.3, 0.4) is 0 Å². The molecule has 1 fully saturated rings. The van der Waals surface area contributed by atoms with Gasteiger partial charge in [0.1, 0.15) is 18.1 Å². The summed E-state index contributed by atoms with van der Waals surface area (Å²) in [6.07, 6.45) is 0. The summed E-state index contributed by atoms with van der Waals surface area (Å²) in [5.41, 5.74) is -0.0360. The summed E-state index contributed by atoms with van der Waals surface area (Å²) in [4.78, 5) is 45.9. The van der Waals surface area contributed by atoms with Gasteiger partial charge in [-0.1, -0.05) is 0 Å². The highest BCUT2D eigenvalue weighted by Gasteiger charge is 2.27. The molecule has 0 atom stereocenters. The maximum Gasteiger partial charge on any atom is 0.338 e.